The molecule has 2 aliphatic rings. The molecule has 3 unspecified atom stereocenters. The number of fused-ring (bicyclic) bond motifs is 1. The zero-order chi connectivity index (χ0) is 17.4. The van der Waals surface area contributed by atoms with Gasteiger partial charge in [-0.25, -0.2) is 0 Å². The molecule has 0 saturated heterocycles. The first kappa shape index (κ1) is 16.2. The zero-order valence-electron chi connectivity index (χ0n) is 15.0. The minimum Gasteiger partial charge on any atom is -0.343 e. The number of benzene rings is 1. The first-order chi connectivity index (χ1) is 12.1. The van der Waals surface area contributed by atoms with Crippen molar-refractivity contribution in [2.24, 2.45) is 11.8 Å². The second-order valence-electron chi connectivity index (χ2n) is 7.77. The molecule has 1 fully saturated rings. The van der Waals surface area contributed by atoms with Gasteiger partial charge in [-0.15, -0.1) is 0 Å². The SMILES string of the molecule is C=Cc1cccc2c1CC(C(=C)Nc1cc(C3CCC(C)C3)[nH]n1)C2. The Hall–Kier alpha value is -2.29. The van der Waals surface area contributed by atoms with Crippen LogP contribution in [-0.4, -0.2) is 10.2 Å². The van der Waals surface area contributed by atoms with E-state index >= 15 is 0 Å². The number of hydrogen-bond donors (Lipinski definition) is 2. The van der Waals surface area contributed by atoms with Gasteiger partial charge in [0.15, 0.2) is 5.82 Å². The predicted octanol–water partition coefficient (Wildman–Crippen LogP) is 5.30. The molecule has 0 radical (unpaired) electrons. The highest BCUT2D eigenvalue weighted by atomic mass is 15.2. The molecule has 0 aliphatic heterocycles. The number of rotatable bonds is 5. The number of aromatic amines is 1. The van der Waals surface area contributed by atoms with Crippen molar-refractivity contribution in [2.75, 3.05) is 5.32 Å². The van der Waals surface area contributed by atoms with Crippen LogP contribution in [0.15, 0.2) is 43.1 Å². The van der Waals surface area contributed by atoms with Crippen LogP contribution in [0, 0.1) is 11.8 Å². The first-order valence-corrected chi connectivity index (χ1v) is 9.38. The highest BCUT2D eigenvalue weighted by Crippen LogP contribution is 2.38. The normalized spacial score (nSPS) is 24.9. The molecule has 0 spiro atoms. The van der Waals surface area contributed by atoms with E-state index in [1.807, 2.05) is 6.08 Å². The van der Waals surface area contributed by atoms with Crippen molar-refractivity contribution in [3.63, 3.8) is 0 Å². The van der Waals surface area contributed by atoms with Gasteiger partial charge in [0.25, 0.3) is 0 Å². The van der Waals surface area contributed by atoms with E-state index in [0.717, 1.165) is 30.3 Å². The van der Waals surface area contributed by atoms with E-state index in [2.05, 4.69) is 59.9 Å². The summed E-state index contributed by atoms with van der Waals surface area (Å²) in [6.07, 6.45) is 7.89. The molecule has 3 atom stereocenters. The molecule has 25 heavy (non-hydrogen) atoms. The summed E-state index contributed by atoms with van der Waals surface area (Å²) >= 11 is 0. The van der Waals surface area contributed by atoms with Crippen LogP contribution < -0.4 is 5.32 Å². The van der Waals surface area contributed by atoms with E-state index in [1.165, 1.54) is 41.6 Å². The van der Waals surface area contributed by atoms with E-state index in [4.69, 9.17) is 0 Å². The van der Waals surface area contributed by atoms with Crippen LogP contribution in [0.4, 0.5) is 5.82 Å². The largest absolute Gasteiger partial charge is 0.343 e. The molecule has 2 N–H and O–H groups in total. The van der Waals surface area contributed by atoms with E-state index in [1.54, 1.807) is 0 Å². The lowest BCUT2D eigenvalue weighted by atomic mass is 10.0. The predicted molar refractivity (Wildman–Crippen MR) is 105 cm³/mol. The fourth-order valence-electron chi connectivity index (χ4n) is 4.48. The van der Waals surface area contributed by atoms with E-state index in [-0.39, 0.29) is 0 Å². The Morgan fingerprint density at radius 3 is 2.96 bits per heavy atom. The molecule has 4 rings (SSSR count). The average molecular weight is 333 g/mol. The maximum Gasteiger partial charge on any atom is 0.152 e. The third-order valence-electron chi connectivity index (χ3n) is 5.96. The van der Waals surface area contributed by atoms with Gasteiger partial charge in [-0.1, -0.05) is 50.8 Å². The molecule has 2 aliphatic carbocycles. The molecule has 2 aromatic rings. The Bertz CT molecular complexity index is 801. The monoisotopic (exact) mass is 333 g/mol. The summed E-state index contributed by atoms with van der Waals surface area (Å²) in [7, 11) is 0. The minimum atomic E-state index is 0.419. The van der Waals surface area contributed by atoms with Crippen molar-refractivity contribution in [1.82, 2.24) is 10.2 Å². The van der Waals surface area contributed by atoms with Crippen LogP contribution in [0.1, 0.15) is 54.5 Å². The third-order valence-corrected chi connectivity index (χ3v) is 5.96. The number of allylic oxidation sites excluding steroid dienone is 1. The first-order valence-electron chi connectivity index (χ1n) is 9.38. The number of aromatic nitrogens is 2. The number of H-pyrrole nitrogens is 1. The van der Waals surface area contributed by atoms with Gasteiger partial charge in [0.05, 0.1) is 0 Å². The van der Waals surface area contributed by atoms with Crippen LogP contribution in [0.25, 0.3) is 6.08 Å². The van der Waals surface area contributed by atoms with E-state index < -0.39 is 0 Å². The topological polar surface area (TPSA) is 40.7 Å². The maximum absolute atomic E-state index is 4.47. The fourth-order valence-corrected chi connectivity index (χ4v) is 4.48. The molecule has 3 nitrogen and oxygen atoms in total. The number of nitrogens with zero attached hydrogens (tertiary/aromatic N) is 1. The van der Waals surface area contributed by atoms with Gasteiger partial charge < -0.3 is 5.32 Å². The van der Waals surface area contributed by atoms with Crippen LogP contribution in [0.5, 0.6) is 0 Å². The Kier molecular flexibility index (Phi) is 4.24. The smallest absolute Gasteiger partial charge is 0.152 e. The molecule has 0 amide bonds. The number of nitrogens with one attached hydrogen (secondary N) is 2. The van der Waals surface area contributed by atoms with Gasteiger partial charge in [0, 0.05) is 29.3 Å². The Balaban J connectivity index is 1.42. The van der Waals surface area contributed by atoms with Crippen molar-refractivity contribution in [3.8, 4) is 0 Å². The number of hydrogen-bond acceptors (Lipinski definition) is 2. The van der Waals surface area contributed by atoms with Gasteiger partial charge in [-0.2, -0.15) is 5.10 Å². The Morgan fingerprint density at radius 2 is 2.20 bits per heavy atom. The average Bonchev–Trinajstić information content (AvgIpc) is 3.32. The van der Waals surface area contributed by atoms with Crippen molar-refractivity contribution >= 4 is 11.9 Å². The second kappa shape index (κ2) is 6.55. The summed E-state index contributed by atoms with van der Waals surface area (Å²) in [6, 6.07) is 8.67. The van der Waals surface area contributed by atoms with Crippen LogP contribution >= 0.6 is 0 Å². The lowest BCUT2D eigenvalue weighted by Crippen LogP contribution is -2.11. The summed E-state index contributed by atoms with van der Waals surface area (Å²) < 4.78 is 0. The molecule has 3 heteroatoms. The van der Waals surface area contributed by atoms with E-state index in [9.17, 15) is 0 Å². The molecular weight excluding hydrogens is 306 g/mol. The highest BCUT2D eigenvalue weighted by molar-refractivity contribution is 5.57. The van der Waals surface area contributed by atoms with Gasteiger partial charge >= 0.3 is 0 Å². The second-order valence-corrected chi connectivity index (χ2v) is 7.77. The quantitative estimate of drug-likeness (QED) is 0.780. The Morgan fingerprint density at radius 1 is 1.32 bits per heavy atom. The lowest BCUT2D eigenvalue weighted by Gasteiger charge is -2.14. The molecule has 130 valence electrons. The molecule has 1 heterocycles. The summed E-state index contributed by atoms with van der Waals surface area (Å²) in [5, 5.41) is 11.1. The standard InChI is InChI=1S/C22H27N3/c1-4-16-6-5-7-17-11-19(12-20(16)17)15(3)23-22-13-21(24-25-22)18-9-8-14(2)10-18/h4-7,13-14,18-19H,1,3,8-12H2,2H3,(H2,23,24,25). The summed E-state index contributed by atoms with van der Waals surface area (Å²) in [5.41, 5.74) is 6.43. The van der Waals surface area contributed by atoms with Crippen LogP contribution in [0.2, 0.25) is 0 Å². The third kappa shape index (κ3) is 3.15. The minimum absolute atomic E-state index is 0.419. The molecule has 1 aromatic heterocycles. The van der Waals surface area contributed by atoms with Crippen molar-refractivity contribution in [1.29, 1.82) is 0 Å². The van der Waals surface area contributed by atoms with Crippen LogP contribution in [0.3, 0.4) is 0 Å². The van der Waals surface area contributed by atoms with Gasteiger partial charge in [0.1, 0.15) is 0 Å². The molecule has 0 bridgehead atoms. The summed E-state index contributed by atoms with van der Waals surface area (Å²) in [4.78, 5) is 0. The van der Waals surface area contributed by atoms with Crippen LogP contribution in [-0.2, 0) is 12.8 Å². The van der Waals surface area contributed by atoms with Crippen molar-refractivity contribution < 1.29 is 0 Å². The highest BCUT2D eigenvalue weighted by Gasteiger charge is 2.27. The molecule has 1 saturated carbocycles. The van der Waals surface area contributed by atoms with E-state index in [0.29, 0.717) is 11.8 Å². The molecular formula is C22H27N3. The fraction of sp³-hybridized carbons (Fsp3) is 0.409. The Labute approximate surface area is 150 Å². The lowest BCUT2D eigenvalue weighted by molar-refractivity contribution is 0.591. The van der Waals surface area contributed by atoms with Gasteiger partial charge in [-0.3, -0.25) is 5.10 Å². The van der Waals surface area contributed by atoms with Gasteiger partial charge in [0.2, 0.25) is 0 Å². The van der Waals surface area contributed by atoms with Crippen molar-refractivity contribution in [3.05, 3.63) is 65.5 Å². The zero-order valence-corrected chi connectivity index (χ0v) is 15.0. The number of anilines is 1. The molecule has 1 aromatic carbocycles. The summed E-state index contributed by atoms with van der Waals surface area (Å²) in [6.45, 7) is 10.6. The maximum atomic E-state index is 4.47. The van der Waals surface area contributed by atoms with Gasteiger partial charge in [-0.05, 0) is 48.3 Å². The summed E-state index contributed by atoms with van der Waals surface area (Å²) in [5.74, 6) is 2.79. The van der Waals surface area contributed by atoms with Crippen molar-refractivity contribution in [2.45, 2.75) is 44.9 Å².